The predicted octanol–water partition coefficient (Wildman–Crippen LogP) is 6.20. The molecule has 0 spiro atoms. The van der Waals surface area contributed by atoms with Crippen LogP contribution < -0.4 is 10.1 Å². The number of amides is 1. The van der Waals surface area contributed by atoms with Crippen molar-refractivity contribution in [2.45, 2.75) is 17.6 Å². The molecule has 27 heavy (non-hydrogen) atoms. The van der Waals surface area contributed by atoms with E-state index >= 15 is 0 Å². The van der Waals surface area contributed by atoms with Crippen LogP contribution in [0.3, 0.4) is 0 Å². The van der Waals surface area contributed by atoms with E-state index in [1.807, 2.05) is 67.6 Å². The van der Waals surface area contributed by atoms with E-state index in [-0.39, 0.29) is 5.91 Å². The summed E-state index contributed by atoms with van der Waals surface area (Å²) in [5.41, 5.74) is 3.51. The monoisotopic (exact) mass is 397 g/mol. The van der Waals surface area contributed by atoms with Gasteiger partial charge in [-0.1, -0.05) is 35.9 Å². The molecule has 0 atom stereocenters. The number of rotatable bonds is 6. The molecule has 0 aliphatic heterocycles. The highest BCUT2D eigenvalue weighted by Gasteiger charge is 2.11. The minimum atomic E-state index is -0.139. The van der Waals surface area contributed by atoms with Crippen molar-refractivity contribution in [2.75, 3.05) is 12.4 Å². The molecule has 0 radical (unpaired) electrons. The second kappa shape index (κ2) is 8.98. The molecule has 0 fully saturated rings. The van der Waals surface area contributed by atoms with Gasteiger partial charge in [-0.15, -0.1) is 11.8 Å². The van der Waals surface area contributed by atoms with Crippen LogP contribution in [0, 0.1) is 6.92 Å². The van der Waals surface area contributed by atoms with Crippen molar-refractivity contribution in [3.05, 3.63) is 88.4 Å². The van der Waals surface area contributed by atoms with E-state index in [1.165, 1.54) is 5.56 Å². The SMILES string of the molecule is COc1ccc(C(=O)Nc2ccccc2SCc2ccc(Cl)cc2)cc1C. The summed E-state index contributed by atoms with van der Waals surface area (Å²) in [6, 6.07) is 21.0. The van der Waals surface area contributed by atoms with E-state index in [9.17, 15) is 4.79 Å². The Bertz CT molecular complexity index is 941. The van der Waals surface area contributed by atoms with E-state index in [4.69, 9.17) is 16.3 Å². The van der Waals surface area contributed by atoms with Crippen LogP contribution in [0.1, 0.15) is 21.5 Å². The Labute approximate surface area is 168 Å². The van der Waals surface area contributed by atoms with Crippen molar-refractivity contribution in [2.24, 2.45) is 0 Å². The van der Waals surface area contributed by atoms with E-state index in [0.717, 1.165) is 32.7 Å². The van der Waals surface area contributed by atoms with Gasteiger partial charge in [0, 0.05) is 21.2 Å². The van der Waals surface area contributed by atoms with Crippen molar-refractivity contribution < 1.29 is 9.53 Å². The van der Waals surface area contributed by atoms with Gasteiger partial charge in [0.1, 0.15) is 5.75 Å². The lowest BCUT2D eigenvalue weighted by atomic mass is 10.1. The van der Waals surface area contributed by atoms with Gasteiger partial charge in [-0.25, -0.2) is 0 Å². The molecule has 0 heterocycles. The zero-order valence-electron chi connectivity index (χ0n) is 15.2. The van der Waals surface area contributed by atoms with Crippen LogP contribution in [0.4, 0.5) is 5.69 Å². The number of methoxy groups -OCH3 is 1. The third kappa shape index (κ3) is 5.06. The number of para-hydroxylation sites is 1. The van der Waals surface area contributed by atoms with Gasteiger partial charge in [0.25, 0.3) is 5.91 Å². The number of nitrogens with one attached hydrogen (secondary N) is 1. The molecule has 0 aromatic heterocycles. The summed E-state index contributed by atoms with van der Waals surface area (Å²) in [6.45, 7) is 1.92. The third-order valence-electron chi connectivity index (χ3n) is 4.10. The van der Waals surface area contributed by atoms with Crippen molar-refractivity contribution in [3.63, 3.8) is 0 Å². The molecule has 3 nitrogen and oxygen atoms in total. The van der Waals surface area contributed by atoms with E-state index in [2.05, 4.69) is 5.32 Å². The van der Waals surface area contributed by atoms with Crippen molar-refractivity contribution in [1.29, 1.82) is 0 Å². The Morgan fingerprint density at radius 3 is 2.52 bits per heavy atom. The summed E-state index contributed by atoms with van der Waals surface area (Å²) in [5, 5.41) is 3.74. The van der Waals surface area contributed by atoms with Crippen molar-refractivity contribution in [3.8, 4) is 5.75 Å². The zero-order chi connectivity index (χ0) is 19.2. The topological polar surface area (TPSA) is 38.3 Å². The Morgan fingerprint density at radius 2 is 1.81 bits per heavy atom. The minimum absolute atomic E-state index is 0.139. The minimum Gasteiger partial charge on any atom is -0.496 e. The average molecular weight is 398 g/mol. The Hall–Kier alpha value is -2.43. The van der Waals surface area contributed by atoms with Gasteiger partial charge in [-0.05, 0) is 60.5 Å². The molecule has 1 N–H and O–H groups in total. The number of ether oxygens (including phenoxy) is 1. The maximum atomic E-state index is 12.7. The molecule has 3 aromatic carbocycles. The van der Waals surface area contributed by atoms with Crippen LogP contribution in [-0.4, -0.2) is 13.0 Å². The highest BCUT2D eigenvalue weighted by molar-refractivity contribution is 7.98. The predicted molar refractivity (Wildman–Crippen MR) is 113 cm³/mol. The first-order chi connectivity index (χ1) is 13.1. The largest absolute Gasteiger partial charge is 0.496 e. The van der Waals surface area contributed by atoms with Gasteiger partial charge in [0.2, 0.25) is 0 Å². The lowest BCUT2D eigenvalue weighted by Gasteiger charge is -2.12. The maximum Gasteiger partial charge on any atom is 0.255 e. The Kier molecular flexibility index (Phi) is 6.43. The normalized spacial score (nSPS) is 10.5. The first-order valence-electron chi connectivity index (χ1n) is 8.49. The molecule has 0 saturated carbocycles. The van der Waals surface area contributed by atoms with Crippen LogP contribution in [-0.2, 0) is 5.75 Å². The van der Waals surface area contributed by atoms with Gasteiger partial charge >= 0.3 is 0 Å². The summed E-state index contributed by atoms with van der Waals surface area (Å²) >= 11 is 7.61. The number of anilines is 1. The molecule has 0 saturated heterocycles. The number of halogens is 1. The van der Waals surface area contributed by atoms with E-state index in [0.29, 0.717) is 5.56 Å². The van der Waals surface area contributed by atoms with Gasteiger partial charge < -0.3 is 10.1 Å². The van der Waals surface area contributed by atoms with Gasteiger partial charge in [0.05, 0.1) is 12.8 Å². The molecule has 3 rings (SSSR count). The molecule has 0 aliphatic rings. The Balaban J connectivity index is 1.72. The van der Waals surface area contributed by atoms with Gasteiger partial charge in [0.15, 0.2) is 0 Å². The number of benzene rings is 3. The van der Waals surface area contributed by atoms with Crippen LogP contribution in [0.25, 0.3) is 0 Å². The van der Waals surface area contributed by atoms with Crippen LogP contribution >= 0.6 is 23.4 Å². The summed E-state index contributed by atoms with van der Waals surface area (Å²) in [7, 11) is 1.62. The number of carbonyl (C=O) groups excluding carboxylic acids is 1. The highest BCUT2D eigenvalue weighted by atomic mass is 35.5. The summed E-state index contributed by atoms with van der Waals surface area (Å²) < 4.78 is 5.26. The lowest BCUT2D eigenvalue weighted by molar-refractivity contribution is 0.102. The van der Waals surface area contributed by atoms with Gasteiger partial charge in [-0.3, -0.25) is 4.79 Å². The standard InChI is InChI=1S/C22H20ClNO2S/c1-15-13-17(9-12-20(15)26-2)22(25)24-19-5-3-4-6-21(19)27-14-16-7-10-18(23)11-8-16/h3-13H,14H2,1-2H3,(H,24,25). The average Bonchev–Trinajstić information content (AvgIpc) is 2.68. The van der Waals surface area contributed by atoms with E-state index < -0.39 is 0 Å². The van der Waals surface area contributed by atoms with Gasteiger partial charge in [-0.2, -0.15) is 0 Å². The van der Waals surface area contributed by atoms with Crippen LogP contribution in [0.15, 0.2) is 71.6 Å². The fraction of sp³-hybridized carbons (Fsp3) is 0.136. The van der Waals surface area contributed by atoms with Crippen molar-refractivity contribution in [1.82, 2.24) is 0 Å². The van der Waals surface area contributed by atoms with Crippen LogP contribution in [0.5, 0.6) is 5.75 Å². The molecule has 0 aliphatic carbocycles. The van der Waals surface area contributed by atoms with Crippen LogP contribution in [0.2, 0.25) is 5.02 Å². The molecule has 3 aromatic rings. The first kappa shape index (κ1) is 19.3. The second-order valence-corrected chi connectivity index (χ2v) is 7.50. The molecule has 138 valence electrons. The summed E-state index contributed by atoms with van der Waals surface area (Å²) in [4.78, 5) is 13.7. The number of carbonyl (C=O) groups is 1. The summed E-state index contributed by atoms with van der Waals surface area (Å²) in [6.07, 6.45) is 0. The molecule has 5 heteroatoms. The lowest BCUT2D eigenvalue weighted by Crippen LogP contribution is -2.12. The molecular formula is C22H20ClNO2S. The second-order valence-electron chi connectivity index (χ2n) is 6.05. The zero-order valence-corrected chi connectivity index (χ0v) is 16.7. The number of thioether (sulfide) groups is 1. The third-order valence-corrected chi connectivity index (χ3v) is 5.50. The highest BCUT2D eigenvalue weighted by Crippen LogP contribution is 2.30. The summed E-state index contributed by atoms with van der Waals surface area (Å²) in [5.74, 6) is 1.43. The molecular weight excluding hydrogens is 378 g/mol. The Morgan fingerprint density at radius 1 is 1.07 bits per heavy atom. The molecule has 0 bridgehead atoms. The quantitative estimate of drug-likeness (QED) is 0.503. The van der Waals surface area contributed by atoms with E-state index in [1.54, 1.807) is 24.9 Å². The number of hydrogen-bond acceptors (Lipinski definition) is 3. The first-order valence-corrected chi connectivity index (χ1v) is 9.85. The smallest absolute Gasteiger partial charge is 0.255 e. The maximum absolute atomic E-state index is 12.7. The molecule has 0 unspecified atom stereocenters. The number of hydrogen-bond donors (Lipinski definition) is 1. The van der Waals surface area contributed by atoms with Crippen molar-refractivity contribution >= 4 is 35.0 Å². The number of aryl methyl sites for hydroxylation is 1. The molecule has 1 amide bonds. The fourth-order valence-corrected chi connectivity index (χ4v) is 3.74. The fourth-order valence-electron chi connectivity index (χ4n) is 2.65.